The molecule has 0 saturated heterocycles. The maximum Gasteiger partial charge on any atom is -1.00 e. The fourth-order valence-electron chi connectivity index (χ4n) is 4.15. The minimum Gasteiger partial charge on any atom is -1.00 e. The topological polar surface area (TPSA) is 0 Å². The van der Waals surface area contributed by atoms with Crippen LogP contribution in [0.1, 0.15) is 22.3 Å². The first-order valence-electron chi connectivity index (χ1n) is 8.60. The molecule has 0 saturated carbocycles. The van der Waals surface area contributed by atoms with Crippen LogP contribution in [-0.4, -0.2) is 19.0 Å². The van der Waals surface area contributed by atoms with E-state index in [4.69, 9.17) is 0 Å². The summed E-state index contributed by atoms with van der Waals surface area (Å²) in [6, 6.07) is 18.4. The zero-order valence-corrected chi connectivity index (χ0v) is 22.5. The average Bonchev–Trinajstić information content (AvgIpc) is 3.16. The first-order valence-corrected chi connectivity index (χ1v) is 16.4. The van der Waals surface area contributed by atoms with Crippen LogP contribution in [0.4, 0.5) is 0 Å². The summed E-state index contributed by atoms with van der Waals surface area (Å²) >= 11 is -0.958. The van der Waals surface area contributed by atoms with Crippen LogP contribution in [0.15, 0.2) is 60.7 Å². The van der Waals surface area contributed by atoms with Crippen molar-refractivity contribution in [2.45, 2.75) is 18.7 Å². The molecule has 2 aliphatic carbocycles. The maximum absolute atomic E-state index is 2.63. The van der Waals surface area contributed by atoms with Crippen LogP contribution in [0.5, 0.6) is 0 Å². The van der Waals surface area contributed by atoms with E-state index in [1.807, 2.05) is 0 Å². The Hall–Kier alpha value is -0.196. The molecule has 2 aromatic carbocycles. The average molecular weight is 568 g/mol. The second-order valence-corrected chi connectivity index (χ2v) is 22.7. The molecule has 0 fully saturated rings. The second-order valence-electron chi connectivity index (χ2n) is 6.62. The van der Waals surface area contributed by atoms with Crippen molar-refractivity contribution in [3.05, 3.63) is 82.9 Å². The van der Waals surface area contributed by atoms with Gasteiger partial charge < -0.3 is 24.8 Å². The molecule has 128 valence electrons. The molecular formula is C20H22Cl2HfSi2. The van der Waals surface area contributed by atoms with Crippen LogP contribution in [-0.2, 0) is 28.5 Å². The Morgan fingerprint density at radius 3 is 1.48 bits per heavy atom. The summed E-state index contributed by atoms with van der Waals surface area (Å²) in [7, 11) is -0.235. The van der Waals surface area contributed by atoms with Gasteiger partial charge in [0.15, 0.2) is 0 Å². The molecule has 2 atom stereocenters. The number of hydrogen-bond acceptors (Lipinski definition) is 0. The molecule has 0 bridgehead atoms. The van der Waals surface area contributed by atoms with Crippen molar-refractivity contribution in [1.29, 1.82) is 0 Å². The molecule has 0 nitrogen and oxygen atoms in total. The Kier molecular flexibility index (Phi) is 6.94. The van der Waals surface area contributed by atoms with Gasteiger partial charge in [0.05, 0.1) is 0 Å². The minimum atomic E-state index is -0.958. The zero-order chi connectivity index (χ0) is 15.9. The number of fused-ring (bicyclic) bond motifs is 2. The van der Waals surface area contributed by atoms with E-state index in [0.29, 0.717) is 5.59 Å². The standard InChI is InChI=1S/2C10H11Si.2ClH.Hf/c2*1-11-10-7-6-8-4-2-3-5-9(8)10;;;/h2*2-7H,11H2,1H3;2*1H;/q;;;;+2/p-2. The second kappa shape index (κ2) is 8.22. The minimum absolute atomic E-state index is 0. The van der Waals surface area contributed by atoms with Crippen molar-refractivity contribution in [2.75, 3.05) is 0 Å². The number of benzene rings is 2. The van der Waals surface area contributed by atoms with Crippen LogP contribution >= 0.6 is 0 Å². The van der Waals surface area contributed by atoms with Gasteiger partial charge >= 0.3 is 156 Å². The third-order valence-corrected chi connectivity index (χ3v) is 25.9. The number of hydrogen-bond donors (Lipinski definition) is 0. The fourth-order valence-corrected chi connectivity index (χ4v) is 24.3. The summed E-state index contributed by atoms with van der Waals surface area (Å²) in [5, 5.41) is 0. The van der Waals surface area contributed by atoms with Crippen LogP contribution in [0.25, 0.3) is 12.2 Å². The predicted octanol–water partition coefficient (Wildman–Crippen LogP) is -2.73. The van der Waals surface area contributed by atoms with Gasteiger partial charge in [0.25, 0.3) is 0 Å². The van der Waals surface area contributed by atoms with Gasteiger partial charge in [0, 0.05) is 0 Å². The summed E-state index contributed by atoms with van der Waals surface area (Å²) in [6.45, 7) is 5.07. The molecule has 25 heavy (non-hydrogen) atoms. The van der Waals surface area contributed by atoms with E-state index in [9.17, 15) is 0 Å². The molecule has 0 aromatic heterocycles. The fraction of sp³-hybridized carbons (Fsp3) is 0.200. The molecule has 2 aliphatic rings. The summed E-state index contributed by atoms with van der Waals surface area (Å²) in [5.74, 6) is 0. The summed E-state index contributed by atoms with van der Waals surface area (Å²) < 4.78 is 1.06. The van der Waals surface area contributed by atoms with E-state index in [-0.39, 0.29) is 43.9 Å². The van der Waals surface area contributed by atoms with E-state index in [1.54, 1.807) is 11.1 Å². The van der Waals surface area contributed by atoms with Crippen LogP contribution in [0, 0.1) is 0 Å². The molecule has 0 amide bonds. The Morgan fingerprint density at radius 2 is 1.08 bits per heavy atom. The number of halogens is 2. The molecule has 4 rings (SSSR count). The first kappa shape index (κ1) is 21.1. The van der Waals surface area contributed by atoms with Gasteiger partial charge in [-0.1, -0.05) is 0 Å². The van der Waals surface area contributed by atoms with Gasteiger partial charge in [0.1, 0.15) is 0 Å². The Balaban J connectivity index is 0.00000113. The molecule has 0 N–H and O–H groups in total. The largest absolute Gasteiger partial charge is 1.00 e. The zero-order valence-electron chi connectivity index (χ0n) is 14.6. The quantitative estimate of drug-likeness (QED) is 0.352. The summed E-state index contributed by atoms with van der Waals surface area (Å²) in [6.07, 6.45) is 10.1. The normalized spacial score (nSPS) is 25.7. The number of allylic oxidation sites excluding steroid dienone is 2. The Morgan fingerprint density at radius 1 is 0.680 bits per heavy atom. The SMILES string of the molecule is C[SiH2][C]1([Hf+2][C]2([SiH2]C)C=Cc3ccccc32)C=Cc2ccccc21.[Cl-].[Cl-]. The van der Waals surface area contributed by atoms with E-state index in [1.165, 1.54) is 11.1 Å². The third kappa shape index (κ3) is 3.39. The van der Waals surface area contributed by atoms with Gasteiger partial charge in [-0.05, 0) is 0 Å². The smallest absolute Gasteiger partial charge is 1.00 e. The maximum atomic E-state index is 2.63. The van der Waals surface area contributed by atoms with Crippen molar-refractivity contribution in [2.24, 2.45) is 0 Å². The Labute approximate surface area is 179 Å². The van der Waals surface area contributed by atoms with Crippen molar-refractivity contribution >= 4 is 31.2 Å². The van der Waals surface area contributed by atoms with Gasteiger partial charge in [-0.2, -0.15) is 0 Å². The molecule has 0 radical (unpaired) electrons. The number of rotatable bonds is 4. The predicted molar refractivity (Wildman–Crippen MR) is 103 cm³/mol. The summed E-state index contributed by atoms with van der Waals surface area (Å²) in [4.78, 5) is 0. The van der Waals surface area contributed by atoms with Crippen molar-refractivity contribution < 1.29 is 47.7 Å². The van der Waals surface area contributed by atoms with Crippen LogP contribution in [0.2, 0.25) is 13.1 Å². The monoisotopic (exact) mass is 568 g/mol. The van der Waals surface area contributed by atoms with Gasteiger partial charge in [-0.25, -0.2) is 0 Å². The molecule has 2 aromatic rings. The van der Waals surface area contributed by atoms with Gasteiger partial charge in [-0.15, -0.1) is 0 Å². The summed E-state index contributed by atoms with van der Waals surface area (Å²) in [5.41, 5.74) is 6.35. The van der Waals surface area contributed by atoms with Crippen molar-refractivity contribution in [3.63, 3.8) is 0 Å². The van der Waals surface area contributed by atoms with Crippen molar-refractivity contribution in [3.8, 4) is 0 Å². The van der Waals surface area contributed by atoms with E-state index in [0.717, 1.165) is 0 Å². The van der Waals surface area contributed by atoms with E-state index < -0.39 is 22.9 Å². The third-order valence-electron chi connectivity index (χ3n) is 5.54. The molecule has 0 heterocycles. The molecule has 2 unspecified atom stereocenters. The van der Waals surface area contributed by atoms with Crippen LogP contribution in [0.3, 0.4) is 0 Å². The molecule has 5 heteroatoms. The molecular weight excluding hydrogens is 546 g/mol. The van der Waals surface area contributed by atoms with E-state index in [2.05, 4.69) is 85.9 Å². The van der Waals surface area contributed by atoms with Crippen LogP contribution < -0.4 is 24.8 Å². The molecule has 0 aliphatic heterocycles. The van der Waals surface area contributed by atoms with Crippen molar-refractivity contribution in [1.82, 2.24) is 0 Å². The molecule has 0 spiro atoms. The Bertz CT molecular complexity index is 753. The van der Waals surface area contributed by atoms with Gasteiger partial charge in [0.2, 0.25) is 0 Å². The van der Waals surface area contributed by atoms with E-state index >= 15 is 0 Å². The first-order chi connectivity index (χ1) is 11.2. The van der Waals surface area contributed by atoms with Gasteiger partial charge in [-0.3, -0.25) is 0 Å².